The Morgan fingerprint density at radius 1 is 1.67 bits per heavy atom. The summed E-state index contributed by atoms with van der Waals surface area (Å²) in [4.78, 5) is 10.9. The first-order valence-corrected chi connectivity index (χ1v) is 4.10. The molecule has 0 aromatic heterocycles. The lowest BCUT2D eigenvalue weighted by Gasteiger charge is -2.14. The molecule has 0 radical (unpaired) electrons. The number of rotatable bonds is 2. The van der Waals surface area contributed by atoms with Crippen LogP contribution in [0.5, 0.6) is 0 Å². The zero-order chi connectivity index (χ0) is 9.30. The Kier molecular flexibility index (Phi) is 2.52. The van der Waals surface area contributed by atoms with Crippen LogP contribution in [0.4, 0.5) is 0 Å². The fraction of sp³-hybridized carbons (Fsp3) is 0.667. The molecule has 68 valence electrons. The van der Waals surface area contributed by atoms with Crippen LogP contribution in [0.15, 0.2) is 12.2 Å². The quantitative estimate of drug-likeness (QED) is 0.494. The topological polar surface area (TPSA) is 46.5 Å². The zero-order valence-corrected chi connectivity index (χ0v) is 7.41. The number of ether oxygens (including phenoxy) is 1. The molecule has 0 saturated carbocycles. The highest BCUT2D eigenvalue weighted by atomic mass is 16.6. The average Bonchev–Trinajstić information content (AvgIpc) is 2.17. The number of esters is 1. The van der Waals surface area contributed by atoms with Gasteiger partial charge in [-0.3, -0.25) is 0 Å². The Hall–Kier alpha value is -0.830. The summed E-state index contributed by atoms with van der Waals surface area (Å²) < 4.78 is 4.91. The van der Waals surface area contributed by atoms with Crippen LogP contribution in [0.25, 0.3) is 0 Å². The van der Waals surface area contributed by atoms with Gasteiger partial charge in [0.2, 0.25) is 0 Å². The standard InChI is InChI=1S/C9H14O3/c1-5(2)4-7-8(10)6(3)9(11)12-7/h5,7-8,10H,3-4H2,1-2H3. The summed E-state index contributed by atoms with van der Waals surface area (Å²) >= 11 is 0. The number of aliphatic hydroxyl groups excluding tert-OH is 1. The molecule has 3 nitrogen and oxygen atoms in total. The first-order valence-electron chi connectivity index (χ1n) is 4.10. The van der Waals surface area contributed by atoms with Crippen molar-refractivity contribution in [1.82, 2.24) is 0 Å². The summed E-state index contributed by atoms with van der Waals surface area (Å²) in [6.07, 6.45) is -0.503. The molecule has 1 aliphatic rings. The van der Waals surface area contributed by atoms with E-state index in [4.69, 9.17) is 4.74 Å². The molecule has 0 aromatic rings. The minimum atomic E-state index is -0.806. The predicted molar refractivity (Wildman–Crippen MR) is 44.5 cm³/mol. The number of aliphatic hydroxyl groups is 1. The molecule has 1 fully saturated rings. The second-order valence-corrected chi connectivity index (χ2v) is 3.54. The van der Waals surface area contributed by atoms with Gasteiger partial charge in [-0.1, -0.05) is 20.4 Å². The van der Waals surface area contributed by atoms with Gasteiger partial charge >= 0.3 is 5.97 Å². The lowest BCUT2D eigenvalue weighted by Crippen LogP contribution is -2.23. The Labute approximate surface area is 72.0 Å². The molecule has 0 aliphatic carbocycles. The number of carbonyl (C=O) groups excluding carboxylic acids is 1. The van der Waals surface area contributed by atoms with Crippen LogP contribution >= 0.6 is 0 Å². The van der Waals surface area contributed by atoms with E-state index in [1.54, 1.807) is 0 Å². The van der Waals surface area contributed by atoms with Crippen molar-refractivity contribution in [3.8, 4) is 0 Å². The summed E-state index contributed by atoms with van der Waals surface area (Å²) in [5.41, 5.74) is 0.181. The molecule has 1 aliphatic heterocycles. The summed E-state index contributed by atoms with van der Waals surface area (Å²) in [5, 5.41) is 9.43. The van der Waals surface area contributed by atoms with Crippen LogP contribution in [0.1, 0.15) is 20.3 Å². The lowest BCUT2D eigenvalue weighted by molar-refractivity contribution is -0.140. The fourth-order valence-electron chi connectivity index (χ4n) is 1.26. The molecule has 2 atom stereocenters. The maximum atomic E-state index is 10.9. The Morgan fingerprint density at radius 3 is 2.58 bits per heavy atom. The van der Waals surface area contributed by atoms with E-state index >= 15 is 0 Å². The van der Waals surface area contributed by atoms with Gasteiger partial charge in [0.05, 0.1) is 5.57 Å². The molecule has 1 saturated heterocycles. The zero-order valence-electron chi connectivity index (χ0n) is 7.41. The first kappa shape index (κ1) is 9.26. The van der Waals surface area contributed by atoms with Crippen molar-refractivity contribution in [2.75, 3.05) is 0 Å². The van der Waals surface area contributed by atoms with E-state index in [1.807, 2.05) is 13.8 Å². The highest BCUT2D eigenvalue weighted by Gasteiger charge is 2.37. The third-order valence-electron chi connectivity index (χ3n) is 1.93. The molecular formula is C9H14O3. The third kappa shape index (κ3) is 1.67. The van der Waals surface area contributed by atoms with Gasteiger partial charge < -0.3 is 9.84 Å². The van der Waals surface area contributed by atoms with Crippen LogP contribution in [0.3, 0.4) is 0 Å². The predicted octanol–water partition coefficient (Wildman–Crippen LogP) is 0.875. The Bertz CT molecular complexity index is 208. The molecule has 0 amide bonds. The van der Waals surface area contributed by atoms with Gasteiger partial charge in [0.1, 0.15) is 12.2 Å². The Morgan fingerprint density at radius 2 is 2.25 bits per heavy atom. The van der Waals surface area contributed by atoms with Crippen LogP contribution in [-0.2, 0) is 9.53 Å². The second-order valence-electron chi connectivity index (χ2n) is 3.54. The highest BCUT2D eigenvalue weighted by molar-refractivity contribution is 5.91. The molecule has 1 rings (SSSR count). The average molecular weight is 170 g/mol. The highest BCUT2D eigenvalue weighted by Crippen LogP contribution is 2.24. The van der Waals surface area contributed by atoms with E-state index in [2.05, 4.69) is 6.58 Å². The van der Waals surface area contributed by atoms with E-state index in [1.165, 1.54) is 0 Å². The van der Waals surface area contributed by atoms with Gasteiger partial charge in [-0.05, 0) is 12.3 Å². The van der Waals surface area contributed by atoms with Crippen molar-refractivity contribution in [2.24, 2.45) is 5.92 Å². The summed E-state index contributed by atoms with van der Waals surface area (Å²) in [6, 6.07) is 0. The number of hydrogen-bond acceptors (Lipinski definition) is 3. The Balaban J connectivity index is 2.59. The van der Waals surface area contributed by atoms with Crippen molar-refractivity contribution < 1.29 is 14.6 Å². The van der Waals surface area contributed by atoms with Crippen molar-refractivity contribution in [1.29, 1.82) is 0 Å². The number of cyclic esters (lactones) is 1. The smallest absolute Gasteiger partial charge is 0.336 e. The molecule has 1 heterocycles. The van der Waals surface area contributed by atoms with E-state index in [0.717, 1.165) is 0 Å². The number of carbonyl (C=O) groups is 1. The van der Waals surface area contributed by atoms with Crippen LogP contribution < -0.4 is 0 Å². The van der Waals surface area contributed by atoms with Crippen molar-refractivity contribution in [3.05, 3.63) is 12.2 Å². The van der Waals surface area contributed by atoms with E-state index < -0.39 is 12.1 Å². The van der Waals surface area contributed by atoms with Crippen LogP contribution in [0.2, 0.25) is 0 Å². The molecule has 3 heteroatoms. The van der Waals surface area contributed by atoms with Gasteiger partial charge in [0.25, 0.3) is 0 Å². The van der Waals surface area contributed by atoms with Gasteiger partial charge in [-0.25, -0.2) is 4.79 Å². The molecule has 0 spiro atoms. The molecule has 0 aromatic carbocycles. The molecule has 0 bridgehead atoms. The van der Waals surface area contributed by atoms with Crippen molar-refractivity contribution >= 4 is 5.97 Å². The van der Waals surface area contributed by atoms with Gasteiger partial charge in [0, 0.05) is 0 Å². The monoisotopic (exact) mass is 170 g/mol. The minimum Gasteiger partial charge on any atom is -0.456 e. The van der Waals surface area contributed by atoms with Gasteiger partial charge in [0.15, 0.2) is 0 Å². The molecule has 2 unspecified atom stereocenters. The summed E-state index contributed by atoms with van der Waals surface area (Å²) in [6.45, 7) is 7.48. The fourth-order valence-corrected chi connectivity index (χ4v) is 1.26. The molecule has 12 heavy (non-hydrogen) atoms. The number of hydrogen-bond donors (Lipinski definition) is 1. The summed E-state index contributed by atoms with van der Waals surface area (Å²) in [5.74, 6) is -0.0588. The molecule has 1 N–H and O–H groups in total. The maximum absolute atomic E-state index is 10.9. The first-order chi connectivity index (χ1) is 5.52. The van der Waals surface area contributed by atoms with Gasteiger partial charge in [-0.15, -0.1) is 0 Å². The maximum Gasteiger partial charge on any atom is 0.336 e. The van der Waals surface area contributed by atoms with Crippen LogP contribution in [0, 0.1) is 5.92 Å². The van der Waals surface area contributed by atoms with Crippen molar-refractivity contribution in [3.63, 3.8) is 0 Å². The van der Waals surface area contributed by atoms with E-state index in [0.29, 0.717) is 12.3 Å². The lowest BCUT2D eigenvalue weighted by atomic mass is 10.0. The SMILES string of the molecule is C=C1C(=O)OC(CC(C)C)C1O. The third-order valence-corrected chi connectivity index (χ3v) is 1.93. The second kappa shape index (κ2) is 3.27. The minimum absolute atomic E-state index is 0.181. The normalized spacial score (nSPS) is 29.7. The van der Waals surface area contributed by atoms with E-state index in [9.17, 15) is 9.90 Å². The van der Waals surface area contributed by atoms with Crippen LogP contribution in [-0.4, -0.2) is 23.3 Å². The van der Waals surface area contributed by atoms with Gasteiger partial charge in [-0.2, -0.15) is 0 Å². The van der Waals surface area contributed by atoms with Crippen molar-refractivity contribution in [2.45, 2.75) is 32.5 Å². The molecular weight excluding hydrogens is 156 g/mol. The van der Waals surface area contributed by atoms with E-state index in [-0.39, 0.29) is 11.7 Å². The summed E-state index contributed by atoms with van der Waals surface area (Å²) in [7, 11) is 0. The largest absolute Gasteiger partial charge is 0.456 e.